The fourth-order valence-corrected chi connectivity index (χ4v) is 2.55. The van der Waals surface area contributed by atoms with Crippen molar-refractivity contribution in [1.29, 1.82) is 0 Å². The van der Waals surface area contributed by atoms with Gasteiger partial charge in [-0.3, -0.25) is 5.32 Å². The molecular formula is C21H17NO4. The van der Waals surface area contributed by atoms with E-state index in [0.29, 0.717) is 5.56 Å². The maximum atomic E-state index is 11.9. The van der Waals surface area contributed by atoms with Crippen LogP contribution in [0.1, 0.15) is 11.1 Å². The monoisotopic (exact) mass is 347 g/mol. The number of fused-ring (bicyclic) bond motifs is 1. The van der Waals surface area contributed by atoms with Crippen LogP contribution in [0, 0.1) is 0 Å². The van der Waals surface area contributed by atoms with Crippen molar-refractivity contribution in [3.8, 4) is 0 Å². The second-order valence-electron chi connectivity index (χ2n) is 5.62. The first kappa shape index (κ1) is 17.2. The molecule has 0 unspecified atom stereocenters. The van der Waals surface area contributed by atoms with Gasteiger partial charge in [0.25, 0.3) is 0 Å². The average molecular weight is 347 g/mol. The third kappa shape index (κ3) is 4.27. The molecule has 0 bridgehead atoms. The number of amides is 1. The van der Waals surface area contributed by atoms with Crippen molar-refractivity contribution >= 4 is 28.9 Å². The zero-order chi connectivity index (χ0) is 18.4. The number of hydrogen-bond donors (Lipinski definition) is 2. The Morgan fingerprint density at radius 2 is 1.62 bits per heavy atom. The maximum Gasteiger partial charge on any atom is 0.412 e. The Balaban J connectivity index is 1.77. The molecule has 0 saturated heterocycles. The Labute approximate surface area is 150 Å². The van der Waals surface area contributed by atoms with E-state index in [1.165, 1.54) is 6.08 Å². The summed E-state index contributed by atoms with van der Waals surface area (Å²) < 4.78 is 5.08. The average Bonchev–Trinajstić information content (AvgIpc) is 2.67. The number of benzene rings is 3. The Kier molecular flexibility index (Phi) is 5.29. The number of ether oxygens (including phenoxy) is 1. The standard InChI is InChI=1S/C21H17NO4/c23-20(24)19(22-21(25)26-14-15-7-2-1-3-8-15)13-17-11-6-10-16-9-4-5-12-18(16)17/h1-13H,14H2,(H,22,25)(H,23,24)/b19-13+. The van der Waals surface area contributed by atoms with Crippen LogP contribution in [0.15, 0.2) is 78.5 Å². The van der Waals surface area contributed by atoms with Gasteiger partial charge in [0.2, 0.25) is 0 Å². The van der Waals surface area contributed by atoms with E-state index in [4.69, 9.17) is 4.74 Å². The number of carbonyl (C=O) groups is 2. The molecule has 5 heteroatoms. The largest absolute Gasteiger partial charge is 0.477 e. The molecule has 26 heavy (non-hydrogen) atoms. The highest BCUT2D eigenvalue weighted by atomic mass is 16.5. The van der Waals surface area contributed by atoms with E-state index < -0.39 is 12.1 Å². The van der Waals surface area contributed by atoms with Crippen LogP contribution in [0.3, 0.4) is 0 Å². The summed E-state index contributed by atoms with van der Waals surface area (Å²) in [5.74, 6) is -1.24. The van der Waals surface area contributed by atoms with E-state index in [1.807, 2.05) is 66.7 Å². The van der Waals surface area contributed by atoms with E-state index >= 15 is 0 Å². The molecule has 0 atom stereocenters. The van der Waals surface area contributed by atoms with Crippen molar-refractivity contribution in [3.05, 3.63) is 89.6 Å². The highest BCUT2D eigenvalue weighted by Gasteiger charge is 2.13. The van der Waals surface area contributed by atoms with Gasteiger partial charge in [0.1, 0.15) is 12.3 Å². The van der Waals surface area contributed by atoms with Gasteiger partial charge in [-0.2, -0.15) is 0 Å². The van der Waals surface area contributed by atoms with Crippen molar-refractivity contribution in [2.45, 2.75) is 6.61 Å². The number of nitrogens with one attached hydrogen (secondary N) is 1. The van der Waals surface area contributed by atoms with Gasteiger partial charge >= 0.3 is 12.1 Å². The minimum absolute atomic E-state index is 0.0633. The first-order valence-corrected chi connectivity index (χ1v) is 8.04. The lowest BCUT2D eigenvalue weighted by molar-refractivity contribution is -0.132. The van der Waals surface area contributed by atoms with Gasteiger partial charge in [-0.15, -0.1) is 0 Å². The van der Waals surface area contributed by atoms with E-state index in [-0.39, 0.29) is 12.3 Å². The van der Waals surface area contributed by atoms with Crippen LogP contribution < -0.4 is 5.32 Å². The Morgan fingerprint density at radius 3 is 2.38 bits per heavy atom. The summed E-state index contributed by atoms with van der Waals surface area (Å²) in [6.07, 6.45) is 0.608. The Bertz CT molecular complexity index is 959. The predicted molar refractivity (Wildman–Crippen MR) is 99.3 cm³/mol. The van der Waals surface area contributed by atoms with Gasteiger partial charge in [0.05, 0.1) is 0 Å². The number of carboxylic acids is 1. The van der Waals surface area contributed by atoms with Crippen molar-refractivity contribution in [1.82, 2.24) is 5.32 Å². The number of aliphatic carboxylic acids is 1. The summed E-state index contributed by atoms with van der Waals surface area (Å²) >= 11 is 0. The summed E-state index contributed by atoms with van der Waals surface area (Å²) in [5, 5.41) is 13.6. The van der Waals surface area contributed by atoms with Crippen LogP contribution in [-0.2, 0) is 16.1 Å². The zero-order valence-electron chi connectivity index (χ0n) is 13.9. The molecule has 0 heterocycles. The molecule has 0 aromatic heterocycles. The van der Waals surface area contributed by atoms with Gasteiger partial charge in [-0.05, 0) is 28.0 Å². The van der Waals surface area contributed by atoms with Crippen molar-refractivity contribution in [2.75, 3.05) is 0 Å². The normalized spacial score (nSPS) is 11.2. The molecular weight excluding hydrogens is 330 g/mol. The van der Waals surface area contributed by atoms with Crippen LogP contribution >= 0.6 is 0 Å². The highest BCUT2D eigenvalue weighted by Crippen LogP contribution is 2.20. The van der Waals surface area contributed by atoms with Crippen molar-refractivity contribution in [3.63, 3.8) is 0 Å². The Morgan fingerprint density at radius 1 is 0.923 bits per heavy atom. The van der Waals surface area contributed by atoms with Crippen LogP contribution in [0.5, 0.6) is 0 Å². The third-order valence-electron chi connectivity index (χ3n) is 3.80. The molecule has 1 amide bonds. The number of hydrogen-bond acceptors (Lipinski definition) is 3. The van der Waals surface area contributed by atoms with Gasteiger partial charge in [0.15, 0.2) is 0 Å². The fourth-order valence-electron chi connectivity index (χ4n) is 2.55. The first-order chi connectivity index (χ1) is 12.6. The molecule has 2 N–H and O–H groups in total. The molecule has 0 spiro atoms. The van der Waals surface area contributed by atoms with E-state index in [1.54, 1.807) is 6.07 Å². The SMILES string of the molecule is O=C(N/C(=C/c1cccc2ccccc12)C(=O)O)OCc1ccccc1. The molecule has 130 valence electrons. The van der Waals surface area contributed by atoms with Crippen LogP contribution in [0.4, 0.5) is 4.79 Å². The van der Waals surface area contributed by atoms with Gasteiger partial charge in [-0.1, -0.05) is 72.8 Å². The summed E-state index contributed by atoms with van der Waals surface area (Å²) in [7, 11) is 0. The number of carboxylic acid groups (broad SMARTS) is 1. The second kappa shape index (κ2) is 7.98. The molecule has 0 aliphatic heterocycles. The summed E-state index contributed by atoms with van der Waals surface area (Å²) in [4.78, 5) is 23.5. The van der Waals surface area contributed by atoms with Crippen LogP contribution in [0.25, 0.3) is 16.8 Å². The lowest BCUT2D eigenvalue weighted by Gasteiger charge is -2.09. The Hall–Kier alpha value is -3.60. The highest BCUT2D eigenvalue weighted by molar-refractivity contribution is 5.99. The van der Waals surface area contributed by atoms with Gasteiger partial charge in [-0.25, -0.2) is 9.59 Å². The van der Waals surface area contributed by atoms with E-state index in [9.17, 15) is 14.7 Å². The topological polar surface area (TPSA) is 75.6 Å². The lowest BCUT2D eigenvalue weighted by Crippen LogP contribution is -2.27. The number of rotatable bonds is 5. The molecule has 0 saturated carbocycles. The molecule has 3 aromatic rings. The molecule has 0 radical (unpaired) electrons. The quantitative estimate of drug-likeness (QED) is 0.679. The predicted octanol–water partition coefficient (Wildman–Crippen LogP) is 4.19. The molecule has 5 nitrogen and oxygen atoms in total. The molecule has 3 rings (SSSR count). The molecule has 0 aliphatic rings. The number of carbonyl (C=O) groups excluding carboxylic acids is 1. The summed E-state index contributed by atoms with van der Waals surface area (Å²) in [6, 6.07) is 22.4. The molecule has 0 fully saturated rings. The summed E-state index contributed by atoms with van der Waals surface area (Å²) in [6.45, 7) is 0.0633. The molecule has 3 aromatic carbocycles. The minimum atomic E-state index is -1.24. The maximum absolute atomic E-state index is 11.9. The van der Waals surface area contributed by atoms with Crippen molar-refractivity contribution in [2.24, 2.45) is 0 Å². The second-order valence-corrected chi connectivity index (χ2v) is 5.62. The summed E-state index contributed by atoms with van der Waals surface area (Å²) in [5.41, 5.74) is 1.26. The van der Waals surface area contributed by atoms with Crippen LogP contribution in [0.2, 0.25) is 0 Å². The first-order valence-electron chi connectivity index (χ1n) is 8.04. The third-order valence-corrected chi connectivity index (χ3v) is 3.80. The lowest BCUT2D eigenvalue weighted by atomic mass is 10.0. The zero-order valence-corrected chi connectivity index (χ0v) is 13.9. The van der Waals surface area contributed by atoms with Crippen molar-refractivity contribution < 1.29 is 19.4 Å². The van der Waals surface area contributed by atoms with E-state index in [0.717, 1.165) is 16.3 Å². The van der Waals surface area contributed by atoms with E-state index in [2.05, 4.69) is 5.32 Å². The smallest absolute Gasteiger partial charge is 0.412 e. The van der Waals surface area contributed by atoms with Gasteiger partial charge < -0.3 is 9.84 Å². The van der Waals surface area contributed by atoms with Gasteiger partial charge in [0, 0.05) is 0 Å². The number of alkyl carbamates (subject to hydrolysis) is 1. The fraction of sp³-hybridized carbons (Fsp3) is 0.0476. The van der Waals surface area contributed by atoms with Crippen LogP contribution in [-0.4, -0.2) is 17.2 Å². The minimum Gasteiger partial charge on any atom is -0.477 e. The molecule has 0 aliphatic carbocycles.